The third-order valence-electron chi connectivity index (χ3n) is 15.2. The highest BCUT2D eigenvalue weighted by molar-refractivity contribution is 5.71. The smallest absolute Gasteiger partial charge is 0.306 e. The van der Waals surface area contributed by atoms with Crippen LogP contribution in [0.3, 0.4) is 0 Å². The summed E-state index contributed by atoms with van der Waals surface area (Å²) in [6, 6.07) is 0. The molecule has 1 atom stereocenters. The maximum absolute atomic E-state index is 13.0. The third kappa shape index (κ3) is 68.7. The van der Waals surface area contributed by atoms with Crippen LogP contribution in [0.15, 0.2) is 109 Å². The SMILES string of the molecule is CC/C=C\C/C=C\C/C=C\C/C=C\CCCCC(=O)OCC(COC(=O)CCCCCCCCCCCC/C=C\C/C=C\C/C=C\CCCCCCC)OC(=O)CCCCCCCCCCCCCCC/C=C\C/C=C\CCCCCCC. The summed E-state index contributed by atoms with van der Waals surface area (Å²) >= 11 is 0. The summed E-state index contributed by atoms with van der Waals surface area (Å²) in [4.78, 5) is 38.4. The van der Waals surface area contributed by atoms with E-state index in [1.807, 2.05) is 0 Å². The van der Waals surface area contributed by atoms with Crippen molar-refractivity contribution >= 4 is 17.9 Å². The fraction of sp³-hybridized carbons (Fsp3) is 0.727. The van der Waals surface area contributed by atoms with Crippen LogP contribution in [-0.2, 0) is 28.6 Å². The van der Waals surface area contributed by atoms with E-state index >= 15 is 0 Å². The standard InChI is InChI=1S/C77H132O6/c1-4-7-10-13-16-19-22-25-28-30-32-34-36-38-40-42-44-46-49-52-55-58-61-64-67-70-76(79)82-73-74(72-81-75(78)69-66-63-60-57-54-51-48-27-24-21-18-15-12-9-6-3)83-77(80)71-68-65-62-59-56-53-50-47-45-43-41-39-37-35-33-31-29-26-23-20-17-14-11-8-5-2/h9,12,18,21-23,25-27,30-33,36,38,48,54,57,74H,4-8,10-11,13-17,19-20,24,28-29,34-35,37,39-47,49-53,55-56,58-73H2,1-3H3/b12-9-,21-18-,25-22-,26-23-,32-30-,33-31-,38-36-,48-27-,57-54-. The number of ether oxygens (including phenoxy) is 3. The number of allylic oxidation sites excluding steroid dienone is 18. The zero-order valence-electron chi connectivity index (χ0n) is 54.7. The molecule has 0 spiro atoms. The molecular formula is C77H132O6. The van der Waals surface area contributed by atoms with Gasteiger partial charge in [-0.15, -0.1) is 0 Å². The van der Waals surface area contributed by atoms with Crippen LogP contribution in [0.2, 0.25) is 0 Å². The van der Waals surface area contributed by atoms with Gasteiger partial charge in [0, 0.05) is 19.3 Å². The van der Waals surface area contributed by atoms with Gasteiger partial charge in [-0.05, 0) is 128 Å². The van der Waals surface area contributed by atoms with Gasteiger partial charge in [-0.2, -0.15) is 0 Å². The number of unbranched alkanes of at least 4 members (excludes halogenated alkanes) is 35. The second-order valence-electron chi connectivity index (χ2n) is 23.4. The molecule has 0 aliphatic heterocycles. The quantitative estimate of drug-likeness (QED) is 0.0261. The van der Waals surface area contributed by atoms with E-state index < -0.39 is 6.10 Å². The van der Waals surface area contributed by atoms with Crippen LogP contribution in [0, 0.1) is 0 Å². The molecule has 0 amide bonds. The van der Waals surface area contributed by atoms with Gasteiger partial charge in [0.15, 0.2) is 6.10 Å². The molecule has 0 bridgehead atoms. The van der Waals surface area contributed by atoms with Crippen LogP contribution in [0.5, 0.6) is 0 Å². The molecule has 0 heterocycles. The Morgan fingerprint density at radius 1 is 0.253 bits per heavy atom. The maximum atomic E-state index is 13.0. The number of esters is 3. The van der Waals surface area contributed by atoms with E-state index in [-0.39, 0.29) is 31.1 Å². The molecule has 0 radical (unpaired) electrons. The lowest BCUT2D eigenvalue weighted by Crippen LogP contribution is -2.30. The van der Waals surface area contributed by atoms with Gasteiger partial charge in [0.05, 0.1) is 0 Å². The zero-order chi connectivity index (χ0) is 59.9. The molecule has 0 aliphatic rings. The minimum Gasteiger partial charge on any atom is -0.462 e. The molecule has 0 fully saturated rings. The van der Waals surface area contributed by atoms with Gasteiger partial charge in [-0.25, -0.2) is 0 Å². The van der Waals surface area contributed by atoms with E-state index in [1.54, 1.807) is 0 Å². The summed E-state index contributed by atoms with van der Waals surface area (Å²) in [6.07, 6.45) is 96.9. The monoisotopic (exact) mass is 1150 g/mol. The van der Waals surface area contributed by atoms with Crippen LogP contribution in [0.25, 0.3) is 0 Å². The summed E-state index contributed by atoms with van der Waals surface area (Å²) in [7, 11) is 0. The van der Waals surface area contributed by atoms with E-state index in [4.69, 9.17) is 14.2 Å². The zero-order valence-corrected chi connectivity index (χ0v) is 54.7. The lowest BCUT2D eigenvalue weighted by molar-refractivity contribution is -0.167. The number of carbonyl (C=O) groups excluding carboxylic acids is 3. The van der Waals surface area contributed by atoms with Crippen LogP contribution < -0.4 is 0 Å². The van der Waals surface area contributed by atoms with Crippen molar-refractivity contribution in [1.82, 2.24) is 0 Å². The summed E-state index contributed by atoms with van der Waals surface area (Å²) in [5.74, 6) is -0.928. The van der Waals surface area contributed by atoms with Gasteiger partial charge >= 0.3 is 17.9 Å². The molecule has 0 aliphatic carbocycles. The second-order valence-corrected chi connectivity index (χ2v) is 23.4. The van der Waals surface area contributed by atoms with E-state index in [0.29, 0.717) is 19.3 Å². The Labute approximate surface area is 514 Å². The molecule has 0 saturated carbocycles. The van der Waals surface area contributed by atoms with E-state index in [9.17, 15) is 14.4 Å². The van der Waals surface area contributed by atoms with E-state index in [1.165, 1.54) is 199 Å². The van der Waals surface area contributed by atoms with Crippen molar-refractivity contribution in [3.8, 4) is 0 Å². The average Bonchev–Trinajstić information content (AvgIpc) is 3.49. The molecule has 476 valence electrons. The van der Waals surface area contributed by atoms with Gasteiger partial charge in [0.1, 0.15) is 13.2 Å². The third-order valence-corrected chi connectivity index (χ3v) is 15.2. The lowest BCUT2D eigenvalue weighted by Gasteiger charge is -2.18. The van der Waals surface area contributed by atoms with Crippen molar-refractivity contribution < 1.29 is 28.6 Å². The van der Waals surface area contributed by atoms with Gasteiger partial charge in [-0.3, -0.25) is 14.4 Å². The van der Waals surface area contributed by atoms with Gasteiger partial charge in [0.2, 0.25) is 0 Å². The van der Waals surface area contributed by atoms with Gasteiger partial charge in [0.25, 0.3) is 0 Å². The first kappa shape index (κ1) is 79.1. The first-order valence-electron chi connectivity index (χ1n) is 35.4. The number of carbonyl (C=O) groups is 3. The Morgan fingerprint density at radius 3 is 0.759 bits per heavy atom. The van der Waals surface area contributed by atoms with Crippen LogP contribution >= 0.6 is 0 Å². The van der Waals surface area contributed by atoms with Crippen molar-refractivity contribution in [3.05, 3.63) is 109 Å². The Kier molecular flexibility index (Phi) is 67.2. The summed E-state index contributed by atoms with van der Waals surface area (Å²) in [6.45, 7) is 6.50. The minimum atomic E-state index is -0.801. The van der Waals surface area contributed by atoms with Crippen molar-refractivity contribution in [1.29, 1.82) is 0 Å². The molecule has 6 nitrogen and oxygen atoms in total. The highest BCUT2D eigenvalue weighted by atomic mass is 16.6. The van der Waals surface area contributed by atoms with Gasteiger partial charge < -0.3 is 14.2 Å². The first-order valence-corrected chi connectivity index (χ1v) is 35.4. The summed E-state index contributed by atoms with van der Waals surface area (Å²) in [5.41, 5.74) is 0. The number of rotatable bonds is 64. The minimum absolute atomic E-state index is 0.0932. The number of hydrogen-bond donors (Lipinski definition) is 0. The van der Waals surface area contributed by atoms with Crippen LogP contribution in [0.4, 0.5) is 0 Å². The Bertz CT molecular complexity index is 1660. The molecule has 83 heavy (non-hydrogen) atoms. The van der Waals surface area contributed by atoms with Gasteiger partial charge in [-0.1, -0.05) is 304 Å². The Hall–Kier alpha value is -3.93. The van der Waals surface area contributed by atoms with Crippen LogP contribution in [-0.4, -0.2) is 37.2 Å². The van der Waals surface area contributed by atoms with Crippen molar-refractivity contribution in [3.63, 3.8) is 0 Å². The van der Waals surface area contributed by atoms with Crippen molar-refractivity contribution in [2.75, 3.05) is 13.2 Å². The molecule has 0 N–H and O–H groups in total. The molecule has 0 rings (SSSR count). The predicted molar refractivity (Wildman–Crippen MR) is 362 cm³/mol. The first-order chi connectivity index (χ1) is 41.0. The molecular weight excluding hydrogens is 1020 g/mol. The highest BCUT2D eigenvalue weighted by Gasteiger charge is 2.19. The lowest BCUT2D eigenvalue weighted by atomic mass is 10.0. The Morgan fingerprint density at radius 2 is 0.470 bits per heavy atom. The van der Waals surface area contributed by atoms with Crippen molar-refractivity contribution in [2.24, 2.45) is 0 Å². The maximum Gasteiger partial charge on any atom is 0.306 e. The average molecular weight is 1150 g/mol. The van der Waals surface area contributed by atoms with Crippen LogP contribution in [0.1, 0.15) is 342 Å². The molecule has 1 unspecified atom stereocenters. The molecule has 0 aromatic carbocycles. The summed E-state index contributed by atoms with van der Waals surface area (Å²) < 4.78 is 17.0. The molecule has 0 saturated heterocycles. The Balaban J connectivity index is 4.36. The number of hydrogen-bond acceptors (Lipinski definition) is 6. The van der Waals surface area contributed by atoms with Crippen molar-refractivity contribution in [2.45, 2.75) is 348 Å². The van der Waals surface area contributed by atoms with E-state index in [0.717, 1.165) is 103 Å². The largest absolute Gasteiger partial charge is 0.462 e. The molecule has 6 heteroatoms. The second kappa shape index (κ2) is 70.6. The fourth-order valence-corrected chi connectivity index (χ4v) is 9.94. The highest BCUT2D eigenvalue weighted by Crippen LogP contribution is 2.17. The fourth-order valence-electron chi connectivity index (χ4n) is 9.94. The molecule has 0 aromatic rings. The predicted octanol–water partition coefficient (Wildman–Crippen LogP) is 24.6. The van der Waals surface area contributed by atoms with E-state index in [2.05, 4.69) is 130 Å². The normalized spacial score (nSPS) is 12.8. The summed E-state index contributed by atoms with van der Waals surface area (Å²) in [5, 5.41) is 0. The molecule has 0 aromatic heterocycles. The topological polar surface area (TPSA) is 78.9 Å².